The molecule has 1 N–H and O–H groups in total. The molecule has 26 heavy (non-hydrogen) atoms. The predicted molar refractivity (Wildman–Crippen MR) is 107 cm³/mol. The Bertz CT molecular complexity index is 888. The van der Waals surface area contributed by atoms with E-state index in [4.69, 9.17) is 0 Å². The lowest BCUT2D eigenvalue weighted by atomic mass is 10.0. The Kier molecular flexibility index (Phi) is 5.64. The van der Waals surface area contributed by atoms with Crippen molar-refractivity contribution in [2.75, 3.05) is 18.4 Å². The number of nitrogens with one attached hydrogen (secondary N) is 1. The molecule has 0 aliphatic heterocycles. The molecular weight excluding hydrogens is 322 g/mol. The van der Waals surface area contributed by atoms with Gasteiger partial charge in [-0.2, -0.15) is 0 Å². The summed E-state index contributed by atoms with van der Waals surface area (Å²) in [6, 6.07) is 17.5. The van der Waals surface area contributed by atoms with Gasteiger partial charge in [0, 0.05) is 11.6 Å². The maximum Gasteiger partial charge on any atom is 0.246 e. The summed E-state index contributed by atoms with van der Waals surface area (Å²) in [4.78, 5) is 19.9. The number of rotatable bonds is 6. The summed E-state index contributed by atoms with van der Waals surface area (Å²) in [6.07, 6.45) is 1.78. The van der Waals surface area contributed by atoms with Crippen molar-refractivity contribution < 1.29 is 4.79 Å². The Morgan fingerprint density at radius 3 is 2.46 bits per heavy atom. The topological polar surface area (TPSA) is 45.2 Å². The number of carbonyl (C=O) groups excluding carboxylic acids is 1. The van der Waals surface area contributed by atoms with Gasteiger partial charge < -0.3 is 5.32 Å². The second-order valence-electron chi connectivity index (χ2n) is 6.35. The molecule has 3 aromatic rings. The molecule has 1 aromatic heterocycles. The number of fused-ring (bicyclic) bond motifs is 1. The largest absolute Gasteiger partial charge is 0.324 e. The van der Waals surface area contributed by atoms with Gasteiger partial charge in [-0.3, -0.25) is 14.7 Å². The number of aromatic nitrogens is 1. The van der Waals surface area contributed by atoms with Crippen molar-refractivity contribution in [3.8, 4) is 0 Å². The van der Waals surface area contributed by atoms with Gasteiger partial charge in [0.1, 0.15) is 6.04 Å². The number of amides is 1. The molecule has 1 heterocycles. The first-order chi connectivity index (χ1) is 12.7. The van der Waals surface area contributed by atoms with Crippen molar-refractivity contribution in [2.24, 2.45) is 0 Å². The van der Waals surface area contributed by atoms with E-state index in [9.17, 15) is 4.79 Å². The maximum atomic E-state index is 13.2. The molecule has 4 nitrogen and oxygen atoms in total. The van der Waals surface area contributed by atoms with Crippen LogP contribution in [0.25, 0.3) is 10.9 Å². The van der Waals surface area contributed by atoms with Gasteiger partial charge in [-0.1, -0.05) is 50.2 Å². The lowest BCUT2D eigenvalue weighted by Gasteiger charge is -2.29. The van der Waals surface area contributed by atoms with Crippen molar-refractivity contribution >= 4 is 22.5 Å². The molecule has 2 aromatic carbocycles. The summed E-state index contributed by atoms with van der Waals surface area (Å²) in [5.41, 5.74) is 3.83. The molecule has 0 radical (unpaired) electrons. The Labute approximate surface area is 154 Å². The molecule has 0 saturated carbocycles. The summed E-state index contributed by atoms with van der Waals surface area (Å²) in [6.45, 7) is 7.80. The van der Waals surface area contributed by atoms with Gasteiger partial charge >= 0.3 is 0 Å². The van der Waals surface area contributed by atoms with Gasteiger partial charge in [0.25, 0.3) is 0 Å². The molecule has 0 fully saturated rings. The van der Waals surface area contributed by atoms with Crippen molar-refractivity contribution in [3.05, 3.63) is 71.9 Å². The highest BCUT2D eigenvalue weighted by Crippen LogP contribution is 2.27. The average molecular weight is 347 g/mol. The zero-order chi connectivity index (χ0) is 18.5. The van der Waals surface area contributed by atoms with Crippen molar-refractivity contribution in [1.82, 2.24) is 9.88 Å². The molecule has 1 amide bonds. The number of carbonyl (C=O) groups is 1. The first kappa shape index (κ1) is 18.1. The van der Waals surface area contributed by atoms with Crippen LogP contribution in [0.2, 0.25) is 0 Å². The second-order valence-corrected chi connectivity index (χ2v) is 6.35. The smallest absolute Gasteiger partial charge is 0.246 e. The number of aryl methyl sites for hydroxylation is 1. The average Bonchev–Trinajstić information content (AvgIpc) is 2.69. The Morgan fingerprint density at radius 2 is 1.77 bits per heavy atom. The summed E-state index contributed by atoms with van der Waals surface area (Å²) in [5, 5.41) is 4.10. The lowest BCUT2D eigenvalue weighted by molar-refractivity contribution is -0.121. The molecule has 0 aliphatic rings. The Balaban J connectivity index is 1.97. The van der Waals surface area contributed by atoms with E-state index in [0.29, 0.717) is 0 Å². The normalized spacial score (nSPS) is 12.3. The van der Waals surface area contributed by atoms with Crippen LogP contribution >= 0.6 is 0 Å². The quantitative estimate of drug-likeness (QED) is 0.711. The number of nitrogens with zero attached hydrogens (tertiary/aromatic N) is 2. The van der Waals surface area contributed by atoms with E-state index in [2.05, 4.69) is 29.0 Å². The molecule has 134 valence electrons. The van der Waals surface area contributed by atoms with Crippen LogP contribution in [0.5, 0.6) is 0 Å². The molecule has 0 bridgehead atoms. The molecule has 1 unspecified atom stereocenters. The summed E-state index contributed by atoms with van der Waals surface area (Å²) in [5.74, 6) is -0.0195. The first-order valence-corrected chi connectivity index (χ1v) is 9.09. The van der Waals surface area contributed by atoms with Crippen LogP contribution in [-0.2, 0) is 4.79 Å². The van der Waals surface area contributed by atoms with Gasteiger partial charge in [0.15, 0.2) is 0 Å². The van der Waals surface area contributed by atoms with E-state index < -0.39 is 0 Å². The van der Waals surface area contributed by atoms with Gasteiger partial charge in [-0.25, -0.2) is 0 Å². The van der Waals surface area contributed by atoms with Crippen LogP contribution in [0.15, 0.2) is 60.8 Å². The minimum Gasteiger partial charge on any atom is -0.324 e. The first-order valence-electron chi connectivity index (χ1n) is 9.09. The van der Waals surface area contributed by atoms with Crippen molar-refractivity contribution in [2.45, 2.75) is 26.8 Å². The number of hydrogen-bond acceptors (Lipinski definition) is 3. The highest BCUT2D eigenvalue weighted by atomic mass is 16.2. The fraction of sp³-hybridized carbons (Fsp3) is 0.273. The summed E-state index contributed by atoms with van der Waals surface area (Å²) >= 11 is 0. The van der Waals surface area contributed by atoms with Crippen LogP contribution in [0.1, 0.15) is 31.0 Å². The number of benzene rings is 2. The van der Waals surface area contributed by atoms with E-state index in [1.54, 1.807) is 6.20 Å². The third-order valence-electron chi connectivity index (χ3n) is 4.77. The van der Waals surface area contributed by atoms with Crippen LogP contribution in [0.4, 0.5) is 5.69 Å². The van der Waals surface area contributed by atoms with E-state index in [1.165, 1.54) is 0 Å². The molecule has 3 rings (SSSR count). The minimum absolute atomic E-state index is 0.0195. The van der Waals surface area contributed by atoms with E-state index in [-0.39, 0.29) is 11.9 Å². The van der Waals surface area contributed by atoms with E-state index in [1.807, 2.05) is 61.5 Å². The third kappa shape index (κ3) is 3.60. The molecule has 0 spiro atoms. The zero-order valence-electron chi connectivity index (χ0n) is 15.6. The minimum atomic E-state index is -0.320. The molecule has 1 atom stereocenters. The fourth-order valence-corrected chi connectivity index (χ4v) is 3.38. The van der Waals surface area contributed by atoms with Crippen LogP contribution in [-0.4, -0.2) is 28.9 Å². The second kappa shape index (κ2) is 8.11. The molecule has 0 saturated heterocycles. The highest BCUT2D eigenvalue weighted by molar-refractivity contribution is 6.03. The van der Waals surface area contributed by atoms with Gasteiger partial charge in [-0.15, -0.1) is 0 Å². The summed E-state index contributed by atoms with van der Waals surface area (Å²) < 4.78 is 0. The van der Waals surface area contributed by atoms with E-state index in [0.717, 1.165) is 40.8 Å². The standard InChI is InChI=1S/C22H25N3O/c1-4-25(5-2)21(17-10-7-6-8-11-17)22(26)24-19-14-13-16(3)20-18(19)12-9-15-23-20/h6-15,21H,4-5H2,1-3H3,(H,24,26). The highest BCUT2D eigenvalue weighted by Gasteiger charge is 2.26. The molecular formula is C22H25N3O. The maximum absolute atomic E-state index is 13.2. The Hall–Kier alpha value is -2.72. The Morgan fingerprint density at radius 1 is 1.04 bits per heavy atom. The number of anilines is 1. The van der Waals surface area contributed by atoms with Crippen molar-refractivity contribution in [1.29, 1.82) is 0 Å². The number of hydrogen-bond donors (Lipinski definition) is 1. The number of pyridine rings is 1. The molecule has 4 heteroatoms. The lowest BCUT2D eigenvalue weighted by Crippen LogP contribution is -2.37. The van der Waals surface area contributed by atoms with Gasteiger partial charge in [0.2, 0.25) is 5.91 Å². The zero-order valence-corrected chi connectivity index (χ0v) is 15.6. The SMILES string of the molecule is CCN(CC)C(C(=O)Nc1ccc(C)c2ncccc12)c1ccccc1. The summed E-state index contributed by atoms with van der Waals surface area (Å²) in [7, 11) is 0. The van der Waals surface area contributed by atoms with E-state index >= 15 is 0 Å². The van der Waals surface area contributed by atoms with Crippen LogP contribution in [0, 0.1) is 6.92 Å². The predicted octanol–water partition coefficient (Wildman–Crippen LogP) is 4.56. The van der Waals surface area contributed by atoms with Gasteiger partial charge in [0.05, 0.1) is 11.2 Å². The third-order valence-corrected chi connectivity index (χ3v) is 4.77. The van der Waals surface area contributed by atoms with Crippen molar-refractivity contribution in [3.63, 3.8) is 0 Å². The van der Waals surface area contributed by atoms with Gasteiger partial charge in [-0.05, 0) is 49.3 Å². The van der Waals surface area contributed by atoms with Crippen LogP contribution < -0.4 is 5.32 Å². The van der Waals surface area contributed by atoms with Crippen LogP contribution in [0.3, 0.4) is 0 Å². The number of likely N-dealkylation sites (N-methyl/N-ethyl adjacent to an activating group) is 1. The monoisotopic (exact) mass is 347 g/mol. The molecule has 0 aliphatic carbocycles. The fourth-order valence-electron chi connectivity index (χ4n) is 3.38.